The Hall–Kier alpha value is -1.37. The summed E-state index contributed by atoms with van der Waals surface area (Å²) in [4.78, 5) is 14.1. The first-order valence-electron chi connectivity index (χ1n) is 8.32. The lowest BCUT2D eigenvalue weighted by Gasteiger charge is -2.27. The lowest BCUT2D eigenvalue weighted by molar-refractivity contribution is -0.121. The van der Waals surface area contributed by atoms with E-state index >= 15 is 0 Å². The van der Waals surface area contributed by atoms with Crippen LogP contribution in [0.15, 0.2) is 24.3 Å². The van der Waals surface area contributed by atoms with E-state index in [0.717, 1.165) is 39.1 Å². The summed E-state index contributed by atoms with van der Waals surface area (Å²) in [6.45, 7) is 6.45. The molecule has 24 heavy (non-hydrogen) atoms. The van der Waals surface area contributed by atoms with Crippen LogP contribution in [0.25, 0.3) is 0 Å². The van der Waals surface area contributed by atoms with Crippen LogP contribution >= 0.6 is 12.4 Å². The number of benzene rings is 1. The molecule has 0 atom stereocenters. The van der Waals surface area contributed by atoms with Crippen LogP contribution in [0.2, 0.25) is 0 Å². The summed E-state index contributed by atoms with van der Waals surface area (Å²) in [5, 5.41) is 6.26. The third kappa shape index (κ3) is 8.47. The van der Waals surface area contributed by atoms with Crippen molar-refractivity contribution in [2.24, 2.45) is 0 Å². The number of nitrogens with one attached hydrogen (secondary N) is 2. The summed E-state index contributed by atoms with van der Waals surface area (Å²) in [5.74, 6) is 0.235. The highest BCUT2D eigenvalue weighted by Crippen LogP contribution is 2.12. The summed E-state index contributed by atoms with van der Waals surface area (Å²) >= 11 is 0. The van der Waals surface area contributed by atoms with Gasteiger partial charge in [-0.15, -0.1) is 12.4 Å². The molecule has 5 nitrogen and oxygen atoms in total. The Bertz CT molecular complexity index is 485. The lowest BCUT2D eigenvalue weighted by atomic mass is 10.3. The van der Waals surface area contributed by atoms with Crippen LogP contribution in [0.4, 0.5) is 4.39 Å². The van der Waals surface area contributed by atoms with Gasteiger partial charge in [-0.2, -0.15) is 0 Å². The average molecular weight is 360 g/mol. The smallest absolute Gasteiger partial charge is 0.220 e. The van der Waals surface area contributed by atoms with E-state index in [1.54, 1.807) is 12.1 Å². The predicted octanol–water partition coefficient (Wildman–Crippen LogP) is 1.82. The lowest BCUT2D eigenvalue weighted by Crippen LogP contribution is -2.44. The van der Waals surface area contributed by atoms with E-state index in [1.165, 1.54) is 12.1 Å². The minimum Gasteiger partial charge on any atom is -0.493 e. The molecule has 0 bridgehead atoms. The van der Waals surface area contributed by atoms with Gasteiger partial charge in [0.25, 0.3) is 0 Å². The van der Waals surface area contributed by atoms with Crippen molar-refractivity contribution in [3.8, 4) is 5.75 Å². The van der Waals surface area contributed by atoms with Gasteiger partial charge in [-0.05, 0) is 31.5 Å². The van der Waals surface area contributed by atoms with Crippen LogP contribution in [0.3, 0.4) is 0 Å². The second-order valence-electron chi connectivity index (χ2n) is 5.70. The van der Waals surface area contributed by atoms with Gasteiger partial charge >= 0.3 is 0 Å². The van der Waals surface area contributed by atoms with E-state index < -0.39 is 0 Å². The average Bonchev–Trinajstić information content (AvgIpc) is 2.57. The normalized spacial score (nSPS) is 14.7. The molecule has 1 amide bonds. The first kappa shape index (κ1) is 20.7. The van der Waals surface area contributed by atoms with E-state index in [2.05, 4.69) is 15.5 Å². The fourth-order valence-electron chi connectivity index (χ4n) is 2.53. The van der Waals surface area contributed by atoms with Gasteiger partial charge in [-0.1, -0.05) is 6.07 Å². The number of halogens is 2. The topological polar surface area (TPSA) is 53.6 Å². The number of amides is 1. The first-order valence-corrected chi connectivity index (χ1v) is 8.32. The molecule has 0 aromatic heterocycles. The Morgan fingerprint density at radius 3 is 2.83 bits per heavy atom. The Balaban J connectivity index is 0.00000288. The zero-order valence-corrected chi connectivity index (χ0v) is 14.7. The first-order chi connectivity index (χ1) is 11.2. The van der Waals surface area contributed by atoms with Gasteiger partial charge in [0.2, 0.25) is 5.91 Å². The highest BCUT2D eigenvalue weighted by atomic mass is 35.5. The fourth-order valence-corrected chi connectivity index (χ4v) is 2.53. The molecule has 1 aliphatic rings. The molecule has 1 saturated heterocycles. The van der Waals surface area contributed by atoms with Crippen LogP contribution in [0.5, 0.6) is 5.75 Å². The van der Waals surface area contributed by atoms with Crippen LogP contribution in [0.1, 0.15) is 19.3 Å². The number of hydrogen-bond acceptors (Lipinski definition) is 4. The molecule has 1 heterocycles. The number of carbonyl (C=O) groups excluding carboxylic acids is 1. The fraction of sp³-hybridized carbons (Fsp3) is 0.588. The van der Waals surface area contributed by atoms with Crippen molar-refractivity contribution in [3.63, 3.8) is 0 Å². The molecule has 1 aliphatic heterocycles. The van der Waals surface area contributed by atoms with E-state index in [4.69, 9.17) is 4.74 Å². The molecule has 0 aliphatic carbocycles. The number of rotatable bonds is 9. The Morgan fingerprint density at radius 1 is 1.29 bits per heavy atom. The third-order valence-electron chi connectivity index (χ3n) is 3.80. The Morgan fingerprint density at radius 2 is 2.08 bits per heavy atom. The SMILES string of the molecule is Cl.O=C(CCCOc1cccc(F)c1)NCCCN1CCNCC1. The zero-order chi connectivity index (χ0) is 16.3. The maximum absolute atomic E-state index is 13.0. The van der Waals surface area contributed by atoms with Crippen molar-refractivity contribution in [2.45, 2.75) is 19.3 Å². The van der Waals surface area contributed by atoms with Gasteiger partial charge in [0.15, 0.2) is 0 Å². The molecule has 136 valence electrons. The number of nitrogens with zero attached hydrogens (tertiary/aromatic N) is 1. The minimum atomic E-state index is -0.315. The van der Waals surface area contributed by atoms with E-state index in [1.807, 2.05) is 0 Å². The molecule has 0 saturated carbocycles. The summed E-state index contributed by atoms with van der Waals surface area (Å²) in [7, 11) is 0. The highest BCUT2D eigenvalue weighted by molar-refractivity contribution is 5.85. The molecule has 2 rings (SSSR count). The largest absolute Gasteiger partial charge is 0.493 e. The number of ether oxygens (including phenoxy) is 1. The van der Waals surface area contributed by atoms with Crippen LogP contribution in [-0.4, -0.2) is 56.7 Å². The van der Waals surface area contributed by atoms with Crippen molar-refractivity contribution in [1.29, 1.82) is 0 Å². The maximum atomic E-state index is 13.0. The second-order valence-corrected chi connectivity index (χ2v) is 5.70. The van der Waals surface area contributed by atoms with Crippen LogP contribution in [-0.2, 0) is 4.79 Å². The van der Waals surface area contributed by atoms with Crippen LogP contribution in [0, 0.1) is 5.82 Å². The van der Waals surface area contributed by atoms with Crippen molar-refractivity contribution in [3.05, 3.63) is 30.1 Å². The highest BCUT2D eigenvalue weighted by Gasteiger charge is 2.08. The number of hydrogen-bond donors (Lipinski definition) is 2. The minimum absolute atomic E-state index is 0. The monoisotopic (exact) mass is 359 g/mol. The zero-order valence-electron chi connectivity index (χ0n) is 13.9. The van der Waals surface area contributed by atoms with Crippen molar-refractivity contribution >= 4 is 18.3 Å². The number of carbonyl (C=O) groups is 1. The summed E-state index contributed by atoms with van der Waals surface area (Å²) in [6, 6.07) is 6.03. The standard InChI is InChI=1S/C17H26FN3O2.ClH/c18-15-4-1-5-16(14-15)23-13-2-6-17(22)20-7-3-10-21-11-8-19-9-12-21;/h1,4-5,14,19H,2-3,6-13H2,(H,20,22);1H. The molecule has 0 radical (unpaired) electrons. The van der Waals surface area contributed by atoms with Gasteiger partial charge in [0.05, 0.1) is 6.61 Å². The number of piperazine rings is 1. The van der Waals surface area contributed by atoms with E-state index in [-0.39, 0.29) is 24.1 Å². The van der Waals surface area contributed by atoms with Crippen molar-refractivity contribution < 1.29 is 13.9 Å². The predicted molar refractivity (Wildman–Crippen MR) is 95.3 cm³/mol. The van der Waals surface area contributed by atoms with Gasteiger partial charge in [-0.25, -0.2) is 4.39 Å². The maximum Gasteiger partial charge on any atom is 0.220 e. The van der Waals surface area contributed by atoms with Gasteiger partial charge in [0.1, 0.15) is 11.6 Å². The molecule has 1 fully saturated rings. The Labute approximate surface area is 149 Å². The molecule has 1 aromatic rings. The molecular formula is C17H27ClFN3O2. The molecule has 0 unspecified atom stereocenters. The summed E-state index contributed by atoms with van der Waals surface area (Å²) in [5.41, 5.74) is 0. The van der Waals surface area contributed by atoms with Gasteiger partial charge in [-0.3, -0.25) is 4.79 Å². The molecule has 0 spiro atoms. The van der Waals surface area contributed by atoms with Gasteiger partial charge < -0.3 is 20.3 Å². The molecule has 7 heteroatoms. The van der Waals surface area contributed by atoms with Crippen LogP contribution < -0.4 is 15.4 Å². The van der Waals surface area contributed by atoms with E-state index in [9.17, 15) is 9.18 Å². The summed E-state index contributed by atoms with van der Waals surface area (Å²) < 4.78 is 18.4. The van der Waals surface area contributed by atoms with E-state index in [0.29, 0.717) is 31.7 Å². The molecular weight excluding hydrogens is 333 g/mol. The Kier molecular flexibility index (Phi) is 10.4. The molecule has 1 aromatic carbocycles. The summed E-state index contributed by atoms with van der Waals surface area (Å²) in [6.07, 6.45) is 2.04. The second kappa shape index (κ2) is 12.1. The third-order valence-corrected chi connectivity index (χ3v) is 3.80. The van der Waals surface area contributed by atoms with Gasteiger partial charge in [0, 0.05) is 45.2 Å². The quantitative estimate of drug-likeness (QED) is 0.660. The van der Waals surface area contributed by atoms with Crippen molar-refractivity contribution in [1.82, 2.24) is 15.5 Å². The van der Waals surface area contributed by atoms with Crippen molar-refractivity contribution in [2.75, 3.05) is 45.9 Å². The molecule has 2 N–H and O–H groups in total.